The zero-order valence-electron chi connectivity index (χ0n) is 9.78. The Kier molecular flexibility index (Phi) is 3.98. The Labute approximate surface area is 101 Å². The van der Waals surface area contributed by atoms with Crippen LogP contribution in [-0.2, 0) is 11.2 Å². The topological polar surface area (TPSA) is 61.4 Å². The van der Waals surface area contributed by atoms with Crippen LogP contribution in [0.5, 0.6) is 5.75 Å². The Morgan fingerprint density at radius 1 is 1.47 bits per heavy atom. The lowest BCUT2D eigenvalue weighted by Crippen LogP contribution is -2.46. The number of rotatable bonds is 3. The number of para-hydroxylation sites is 1. The summed E-state index contributed by atoms with van der Waals surface area (Å²) in [5.41, 5.74) is 0.675. The van der Waals surface area contributed by atoms with Crippen molar-refractivity contribution in [1.29, 1.82) is 0 Å². The zero-order valence-corrected chi connectivity index (χ0v) is 9.78. The molecule has 0 aromatic heterocycles. The summed E-state index contributed by atoms with van der Waals surface area (Å²) in [6.07, 6.45) is 2.37. The minimum Gasteiger partial charge on any atom is -0.508 e. The highest BCUT2D eigenvalue weighted by Crippen LogP contribution is 2.16. The van der Waals surface area contributed by atoms with Crippen molar-refractivity contribution in [2.75, 3.05) is 13.1 Å². The molecular weight excluding hydrogens is 216 g/mol. The first kappa shape index (κ1) is 11.9. The van der Waals surface area contributed by atoms with Gasteiger partial charge in [0, 0.05) is 18.2 Å². The fourth-order valence-corrected chi connectivity index (χ4v) is 2.09. The van der Waals surface area contributed by atoms with Crippen molar-refractivity contribution >= 4 is 5.91 Å². The minimum absolute atomic E-state index is 0.0276. The number of phenolic OH excluding ortho intramolecular Hbond substituents is 1. The van der Waals surface area contributed by atoms with Gasteiger partial charge in [-0.1, -0.05) is 18.2 Å². The third-order valence-electron chi connectivity index (χ3n) is 3.00. The Hall–Kier alpha value is -1.55. The molecule has 1 atom stereocenters. The molecule has 0 saturated carbocycles. The van der Waals surface area contributed by atoms with Crippen LogP contribution in [-0.4, -0.2) is 30.1 Å². The molecule has 1 aromatic rings. The summed E-state index contributed by atoms with van der Waals surface area (Å²) >= 11 is 0. The number of hydrogen-bond acceptors (Lipinski definition) is 3. The molecule has 0 spiro atoms. The Balaban J connectivity index is 1.86. The molecule has 4 nitrogen and oxygen atoms in total. The predicted molar refractivity (Wildman–Crippen MR) is 65.8 cm³/mol. The largest absolute Gasteiger partial charge is 0.508 e. The molecule has 0 bridgehead atoms. The maximum absolute atomic E-state index is 11.8. The second-order valence-electron chi connectivity index (χ2n) is 4.42. The molecule has 1 aliphatic heterocycles. The van der Waals surface area contributed by atoms with Crippen molar-refractivity contribution in [3.8, 4) is 5.75 Å². The van der Waals surface area contributed by atoms with Gasteiger partial charge in [0.2, 0.25) is 5.91 Å². The summed E-state index contributed by atoms with van der Waals surface area (Å²) in [4.78, 5) is 11.8. The molecule has 0 radical (unpaired) electrons. The monoisotopic (exact) mass is 234 g/mol. The van der Waals surface area contributed by atoms with Gasteiger partial charge in [0.05, 0.1) is 6.42 Å². The molecule has 4 heteroatoms. The van der Waals surface area contributed by atoms with E-state index in [9.17, 15) is 9.90 Å². The van der Waals surface area contributed by atoms with Gasteiger partial charge in [0.15, 0.2) is 0 Å². The average molecular weight is 234 g/mol. The summed E-state index contributed by atoms with van der Waals surface area (Å²) in [5, 5.41) is 15.8. The average Bonchev–Trinajstić information content (AvgIpc) is 2.33. The molecular formula is C13H18N2O2. The van der Waals surface area contributed by atoms with Gasteiger partial charge in [-0.2, -0.15) is 0 Å². The number of phenols is 1. The quantitative estimate of drug-likeness (QED) is 0.725. The fraction of sp³-hybridized carbons (Fsp3) is 0.462. The Morgan fingerprint density at radius 3 is 3.00 bits per heavy atom. The van der Waals surface area contributed by atoms with Gasteiger partial charge in [-0.25, -0.2) is 0 Å². The van der Waals surface area contributed by atoms with Crippen molar-refractivity contribution in [3.63, 3.8) is 0 Å². The predicted octanol–water partition coefficient (Wildman–Crippen LogP) is 0.803. The lowest BCUT2D eigenvalue weighted by Gasteiger charge is -2.23. The van der Waals surface area contributed by atoms with Gasteiger partial charge in [-0.15, -0.1) is 0 Å². The molecule has 1 aromatic carbocycles. The van der Waals surface area contributed by atoms with E-state index in [0.29, 0.717) is 5.56 Å². The van der Waals surface area contributed by atoms with E-state index in [2.05, 4.69) is 10.6 Å². The Morgan fingerprint density at radius 2 is 2.29 bits per heavy atom. The van der Waals surface area contributed by atoms with Gasteiger partial charge < -0.3 is 15.7 Å². The molecule has 17 heavy (non-hydrogen) atoms. The van der Waals surface area contributed by atoms with Gasteiger partial charge in [0.1, 0.15) is 5.75 Å². The highest BCUT2D eigenvalue weighted by Gasteiger charge is 2.15. The number of carbonyl (C=O) groups is 1. The van der Waals surface area contributed by atoms with Gasteiger partial charge >= 0.3 is 0 Å². The highest BCUT2D eigenvalue weighted by molar-refractivity contribution is 5.79. The standard InChI is InChI=1S/C13H18N2O2/c16-12-6-2-1-4-10(12)8-13(17)15-11-5-3-7-14-9-11/h1-2,4,6,11,14,16H,3,5,7-9H2,(H,15,17)/t11-/m1/s1. The molecule has 92 valence electrons. The molecule has 1 saturated heterocycles. The Bertz CT molecular complexity index is 387. The van der Waals surface area contributed by atoms with Crippen LogP contribution in [0.25, 0.3) is 0 Å². The molecule has 2 rings (SSSR count). The molecule has 1 amide bonds. The molecule has 3 N–H and O–H groups in total. The number of carbonyl (C=O) groups excluding carboxylic acids is 1. The lowest BCUT2D eigenvalue weighted by molar-refractivity contribution is -0.121. The second kappa shape index (κ2) is 5.68. The first-order valence-electron chi connectivity index (χ1n) is 6.02. The maximum Gasteiger partial charge on any atom is 0.224 e. The van der Waals surface area contributed by atoms with Crippen LogP contribution >= 0.6 is 0 Å². The van der Waals surface area contributed by atoms with Crippen molar-refractivity contribution in [2.45, 2.75) is 25.3 Å². The molecule has 1 fully saturated rings. The SMILES string of the molecule is O=C(Cc1ccccc1O)N[C@@H]1CCCNC1. The lowest BCUT2D eigenvalue weighted by atomic mass is 10.1. The smallest absolute Gasteiger partial charge is 0.224 e. The van der Waals surface area contributed by atoms with E-state index >= 15 is 0 Å². The molecule has 0 aliphatic carbocycles. The van der Waals surface area contributed by atoms with Crippen LogP contribution < -0.4 is 10.6 Å². The molecule has 1 heterocycles. The summed E-state index contributed by atoms with van der Waals surface area (Å²) < 4.78 is 0. The van der Waals surface area contributed by atoms with Crippen LogP contribution in [0.4, 0.5) is 0 Å². The van der Waals surface area contributed by atoms with E-state index in [4.69, 9.17) is 0 Å². The molecule has 1 aliphatic rings. The van der Waals surface area contributed by atoms with E-state index in [0.717, 1.165) is 25.9 Å². The van der Waals surface area contributed by atoms with Gasteiger partial charge in [-0.05, 0) is 25.5 Å². The van der Waals surface area contributed by atoms with E-state index in [1.807, 2.05) is 6.07 Å². The van der Waals surface area contributed by atoms with E-state index in [1.165, 1.54) is 0 Å². The number of hydrogen-bond donors (Lipinski definition) is 3. The van der Waals surface area contributed by atoms with E-state index in [-0.39, 0.29) is 24.1 Å². The summed E-state index contributed by atoms with van der Waals surface area (Å²) in [6, 6.07) is 7.17. The number of amides is 1. The molecule has 0 unspecified atom stereocenters. The first-order chi connectivity index (χ1) is 8.25. The number of benzene rings is 1. The van der Waals surface area contributed by atoms with Crippen molar-refractivity contribution in [1.82, 2.24) is 10.6 Å². The fourth-order valence-electron chi connectivity index (χ4n) is 2.09. The van der Waals surface area contributed by atoms with Crippen molar-refractivity contribution in [2.24, 2.45) is 0 Å². The summed E-state index contributed by atoms with van der Waals surface area (Å²) in [6.45, 7) is 1.87. The normalized spacial score (nSPS) is 19.9. The van der Waals surface area contributed by atoms with Crippen LogP contribution in [0.3, 0.4) is 0 Å². The summed E-state index contributed by atoms with van der Waals surface area (Å²) in [5.74, 6) is 0.157. The second-order valence-corrected chi connectivity index (χ2v) is 4.42. The van der Waals surface area contributed by atoms with Crippen molar-refractivity contribution in [3.05, 3.63) is 29.8 Å². The van der Waals surface area contributed by atoms with Gasteiger partial charge in [0.25, 0.3) is 0 Å². The minimum atomic E-state index is -0.0276. The van der Waals surface area contributed by atoms with Crippen LogP contribution in [0.15, 0.2) is 24.3 Å². The third-order valence-corrected chi connectivity index (χ3v) is 3.00. The zero-order chi connectivity index (χ0) is 12.1. The summed E-state index contributed by atoms with van der Waals surface area (Å²) in [7, 11) is 0. The number of nitrogens with one attached hydrogen (secondary N) is 2. The number of piperidine rings is 1. The highest BCUT2D eigenvalue weighted by atomic mass is 16.3. The van der Waals surface area contributed by atoms with E-state index < -0.39 is 0 Å². The first-order valence-corrected chi connectivity index (χ1v) is 6.02. The van der Waals surface area contributed by atoms with Gasteiger partial charge in [-0.3, -0.25) is 4.79 Å². The van der Waals surface area contributed by atoms with E-state index in [1.54, 1.807) is 18.2 Å². The van der Waals surface area contributed by atoms with Crippen LogP contribution in [0.2, 0.25) is 0 Å². The maximum atomic E-state index is 11.8. The van der Waals surface area contributed by atoms with Crippen molar-refractivity contribution < 1.29 is 9.90 Å². The van der Waals surface area contributed by atoms with Crippen LogP contribution in [0, 0.1) is 0 Å². The number of aromatic hydroxyl groups is 1. The third kappa shape index (κ3) is 3.46. The van der Waals surface area contributed by atoms with Crippen LogP contribution in [0.1, 0.15) is 18.4 Å².